The molecule has 80 valence electrons. The van der Waals surface area contributed by atoms with Gasteiger partial charge in [-0.15, -0.1) is 0 Å². The van der Waals surface area contributed by atoms with E-state index in [1.54, 1.807) is 12.1 Å². The van der Waals surface area contributed by atoms with E-state index in [1.807, 2.05) is 48.5 Å². The molecule has 2 aromatic rings. The minimum absolute atomic E-state index is 0.0586. The minimum Gasteiger partial charge on any atom is -0.410 e. The largest absolute Gasteiger partial charge is 0.410 e. The first-order chi connectivity index (χ1) is 7.68. The molecule has 4 heteroatoms. The normalized spacial score (nSPS) is 11.4. The summed E-state index contributed by atoms with van der Waals surface area (Å²) in [6.07, 6.45) is 0. The van der Waals surface area contributed by atoms with Crippen molar-refractivity contribution in [1.29, 1.82) is 0 Å². The second kappa shape index (κ2) is 4.75. The Morgan fingerprint density at radius 2 is 1.25 bits per heavy atom. The van der Waals surface area contributed by atoms with Crippen molar-refractivity contribution in [3.63, 3.8) is 0 Å². The summed E-state index contributed by atoms with van der Waals surface area (Å²) < 4.78 is 0. The molecule has 0 fully saturated rings. The average Bonchev–Trinajstić information content (AvgIpc) is 2.31. The zero-order valence-electron chi connectivity index (χ0n) is 8.67. The molecule has 2 N–H and O–H groups in total. The molecule has 0 heterocycles. The van der Waals surface area contributed by atoms with Gasteiger partial charge in [0.25, 0.3) is 0 Å². The van der Waals surface area contributed by atoms with Crippen LogP contribution in [0.5, 0.6) is 0 Å². The van der Waals surface area contributed by atoms with E-state index in [0.29, 0.717) is 5.19 Å². The third-order valence-corrected chi connectivity index (χ3v) is 7.16. The molecule has 0 amide bonds. The zero-order valence-corrected chi connectivity index (χ0v) is 10.7. The fourth-order valence-corrected chi connectivity index (χ4v) is 5.67. The summed E-state index contributed by atoms with van der Waals surface area (Å²) in [6, 6.07) is 18.7. The van der Waals surface area contributed by atoms with E-state index in [4.69, 9.17) is 0 Å². The predicted octanol–water partition coefficient (Wildman–Crippen LogP) is -0.153. The molecule has 2 nitrogen and oxygen atoms in total. The van der Waals surface area contributed by atoms with Gasteiger partial charge in [0.15, 0.2) is 9.04 Å². The van der Waals surface area contributed by atoms with E-state index >= 15 is 0 Å². The fraction of sp³-hybridized carbons (Fsp3) is 0. The molecule has 0 aliphatic rings. The fourth-order valence-electron chi connectivity index (χ4n) is 1.47. The first-order valence-electron chi connectivity index (χ1n) is 5.02. The van der Waals surface area contributed by atoms with E-state index < -0.39 is 8.08 Å². The highest BCUT2D eigenvalue weighted by Crippen LogP contribution is 1.95. The van der Waals surface area contributed by atoms with Crippen molar-refractivity contribution < 1.29 is 9.59 Å². The first kappa shape index (κ1) is 11.3. The standard InChI is InChI=1S/C12H12O2Si2/c13-16(14,12-9-5-2-6-10-12)15-11-7-3-1-4-8-11/h1-10,13-14H. The maximum absolute atomic E-state index is 10.1. The van der Waals surface area contributed by atoms with Crippen molar-refractivity contribution >= 4 is 27.5 Å². The molecule has 16 heavy (non-hydrogen) atoms. The Labute approximate surface area is 98.1 Å². The lowest BCUT2D eigenvalue weighted by atomic mass is 10.4. The SMILES string of the molecule is O[Si](O)([Si]c1ccccc1)c1ccccc1. The number of rotatable bonds is 3. The van der Waals surface area contributed by atoms with E-state index in [2.05, 4.69) is 0 Å². The van der Waals surface area contributed by atoms with Crippen LogP contribution in [0.4, 0.5) is 0 Å². The molecule has 0 aliphatic carbocycles. The minimum atomic E-state index is -3.29. The summed E-state index contributed by atoms with van der Waals surface area (Å²) in [6.45, 7) is 0. The van der Waals surface area contributed by atoms with E-state index in [1.165, 1.54) is 0 Å². The van der Waals surface area contributed by atoms with Crippen LogP contribution in [0.2, 0.25) is 0 Å². The van der Waals surface area contributed by atoms with Crippen LogP contribution < -0.4 is 10.4 Å². The lowest BCUT2D eigenvalue weighted by Gasteiger charge is -2.17. The molecular formula is C12H12O2Si2. The molecule has 0 unspecified atom stereocenters. The van der Waals surface area contributed by atoms with Crippen LogP contribution in [0.25, 0.3) is 0 Å². The van der Waals surface area contributed by atoms with Crippen molar-refractivity contribution in [3.8, 4) is 0 Å². The Balaban J connectivity index is 2.21. The van der Waals surface area contributed by atoms with E-state index in [0.717, 1.165) is 5.19 Å². The van der Waals surface area contributed by atoms with Gasteiger partial charge >= 0.3 is 8.08 Å². The topological polar surface area (TPSA) is 40.5 Å². The maximum Gasteiger partial charge on any atom is 0.344 e. The molecule has 0 atom stereocenters. The molecule has 0 bridgehead atoms. The van der Waals surface area contributed by atoms with Gasteiger partial charge in [0.05, 0.1) is 0 Å². The van der Waals surface area contributed by atoms with Crippen LogP contribution in [0.3, 0.4) is 0 Å². The summed E-state index contributed by atoms with van der Waals surface area (Å²) in [7, 11) is -3.23. The van der Waals surface area contributed by atoms with Crippen LogP contribution in [0.1, 0.15) is 0 Å². The summed E-state index contributed by atoms with van der Waals surface area (Å²) >= 11 is 0. The van der Waals surface area contributed by atoms with Gasteiger partial charge in [-0.3, -0.25) is 0 Å². The van der Waals surface area contributed by atoms with Crippen molar-refractivity contribution in [3.05, 3.63) is 60.7 Å². The highest BCUT2D eigenvalue weighted by Gasteiger charge is 2.32. The number of hydrogen-bond donors (Lipinski definition) is 2. The van der Waals surface area contributed by atoms with Gasteiger partial charge in [0.2, 0.25) is 0 Å². The highest BCUT2D eigenvalue weighted by molar-refractivity contribution is 7.27. The third-order valence-electron chi connectivity index (χ3n) is 2.27. The van der Waals surface area contributed by atoms with Gasteiger partial charge in [-0.05, 0) is 5.19 Å². The average molecular weight is 244 g/mol. The van der Waals surface area contributed by atoms with Gasteiger partial charge in [0.1, 0.15) is 0 Å². The van der Waals surface area contributed by atoms with Gasteiger partial charge in [-0.25, -0.2) is 0 Å². The van der Waals surface area contributed by atoms with Crippen molar-refractivity contribution in [2.45, 2.75) is 0 Å². The van der Waals surface area contributed by atoms with Gasteiger partial charge in [-0.1, -0.05) is 65.9 Å². The van der Waals surface area contributed by atoms with Crippen LogP contribution in [-0.2, 0) is 0 Å². The lowest BCUT2D eigenvalue weighted by Crippen LogP contribution is -2.58. The monoisotopic (exact) mass is 244 g/mol. The lowest BCUT2D eigenvalue weighted by molar-refractivity contribution is 0.411. The molecular weight excluding hydrogens is 232 g/mol. The Morgan fingerprint density at radius 1 is 0.750 bits per heavy atom. The second-order valence-electron chi connectivity index (χ2n) is 3.53. The molecule has 2 aromatic carbocycles. The Morgan fingerprint density at radius 3 is 1.81 bits per heavy atom. The van der Waals surface area contributed by atoms with Crippen molar-refractivity contribution in [1.82, 2.24) is 0 Å². The molecule has 0 spiro atoms. The predicted molar refractivity (Wildman–Crippen MR) is 68.1 cm³/mol. The maximum atomic E-state index is 10.1. The zero-order chi connectivity index (χ0) is 11.4. The van der Waals surface area contributed by atoms with Crippen molar-refractivity contribution in [2.75, 3.05) is 0 Å². The van der Waals surface area contributed by atoms with Gasteiger partial charge in [-0.2, -0.15) is 0 Å². The molecule has 0 aromatic heterocycles. The summed E-state index contributed by atoms with van der Waals surface area (Å²) in [4.78, 5) is 20.3. The first-order valence-corrected chi connectivity index (χ1v) is 8.91. The Bertz CT molecular complexity index is 443. The molecule has 0 saturated carbocycles. The molecule has 2 rings (SSSR count). The van der Waals surface area contributed by atoms with Gasteiger partial charge < -0.3 is 9.59 Å². The molecule has 0 saturated heterocycles. The summed E-state index contributed by atoms with van der Waals surface area (Å²) in [5.41, 5.74) is 0. The summed E-state index contributed by atoms with van der Waals surface area (Å²) in [5.74, 6) is 0. The molecule has 0 aliphatic heterocycles. The number of hydrogen-bond acceptors (Lipinski definition) is 2. The Kier molecular flexibility index (Phi) is 3.35. The third kappa shape index (κ3) is 2.67. The van der Waals surface area contributed by atoms with Crippen molar-refractivity contribution in [2.24, 2.45) is 0 Å². The number of benzene rings is 2. The van der Waals surface area contributed by atoms with Crippen LogP contribution in [0.15, 0.2) is 60.7 Å². The van der Waals surface area contributed by atoms with Crippen LogP contribution in [0, 0.1) is 0 Å². The van der Waals surface area contributed by atoms with Crippen LogP contribution in [-0.4, -0.2) is 26.7 Å². The quantitative estimate of drug-likeness (QED) is 0.737. The van der Waals surface area contributed by atoms with E-state index in [-0.39, 0.29) is 9.04 Å². The van der Waals surface area contributed by atoms with E-state index in [9.17, 15) is 9.59 Å². The molecule has 2 radical (unpaired) electrons. The smallest absolute Gasteiger partial charge is 0.344 e. The highest BCUT2D eigenvalue weighted by atomic mass is 29.2. The summed E-state index contributed by atoms with van der Waals surface area (Å²) in [5, 5.41) is 1.65. The second-order valence-corrected chi connectivity index (χ2v) is 9.12. The Hall–Kier alpha value is -1.21. The van der Waals surface area contributed by atoms with Crippen LogP contribution >= 0.6 is 0 Å². The van der Waals surface area contributed by atoms with Gasteiger partial charge in [0, 0.05) is 0 Å².